The molecule has 8 nitrogen and oxygen atoms in total. The fourth-order valence-electron chi connectivity index (χ4n) is 4.88. The largest absolute Gasteiger partial charge is 0.368 e. The van der Waals surface area contributed by atoms with E-state index < -0.39 is 0 Å². The van der Waals surface area contributed by atoms with Crippen molar-refractivity contribution >= 4 is 22.6 Å². The van der Waals surface area contributed by atoms with Gasteiger partial charge in [0.1, 0.15) is 11.5 Å². The van der Waals surface area contributed by atoms with Gasteiger partial charge in [0.15, 0.2) is 5.82 Å². The fourth-order valence-corrected chi connectivity index (χ4v) is 4.88. The summed E-state index contributed by atoms with van der Waals surface area (Å²) < 4.78 is 1.85. The predicted octanol–water partition coefficient (Wildman–Crippen LogP) is 3.79. The van der Waals surface area contributed by atoms with Crippen LogP contribution in [-0.4, -0.2) is 48.1 Å². The second-order valence-corrected chi connectivity index (χ2v) is 8.85. The smallest absolute Gasteiger partial charge is 0.227 e. The van der Waals surface area contributed by atoms with Crippen LogP contribution in [0.5, 0.6) is 0 Å². The molecule has 0 radical (unpaired) electrons. The number of fused-ring (bicyclic) bond motifs is 1. The van der Waals surface area contributed by atoms with E-state index in [0.29, 0.717) is 31.0 Å². The van der Waals surface area contributed by atoms with Gasteiger partial charge in [-0.25, -0.2) is 19.6 Å². The first-order valence-corrected chi connectivity index (χ1v) is 11.8. The number of aryl methyl sites for hydroxylation is 1. The predicted molar refractivity (Wildman–Crippen MR) is 132 cm³/mol. The third-order valence-corrected chi connectivity index (χ3v) is 6.62. The maximum atomic E-state index is 13.6. The molecule has 1 amide bonds. The molecule has 0 saturated heterocycles. The van der Waals surface area contributed by atoms with Gasteiger partial charge < -0.3 is 10.6 Å². The summed E-state index contributed by atoms with van der Waals surface area (Å²) >= 11 is 0. The minimum absolute atomic E-state index is 0.171. The summed E-state index contributed by atoms with van der Waals surface area (Å²) in [6.45, 7) is 3.10. The summed E-state index contributed by atoms with van der Waals surface area (Å²) in [5.41, 5.74) is 7.38. The summed E-state index contributed by atoms with van der Waals surface area (Å²) in [5, 5.41) is 6.93. The molecule has 0 unspecified atom stereocenters. The Kier molecular flexibility index (Phi) is 6.20. The van der Waals surface area contributed by atoms with Gasteiger partial charge in [0.25, 0.3) is 0 Å². The van der Waals surface area contributed by atoms with E-state index in [4.69, 9.17) is 5.73 Å². The highest BCUT2D eigenvalue weighted by molar-refractivity contribution is 5.90. The van der Waals surface area contributed by atoms with Crippen molar-refractivity contribution in [1.29, 1.82) is 0 Å². The third kappa shape index (κ3) is 4.62. The van der Waals surface area contributed by atoms with E-state index in [9.17, 15) is 4.79 Å². The first-order chi connectivity index (χ1) is 16.6. The van der Waals surface area contributed by atoms with Gasteiger partial charge in [-0.2, -0.15) is 0 Å². The second kappa shape index (κ2) is 9.59. The minimum Gasteiger partial charge on any atom is -0.368 e. The molecule has 1 aliphatic carbocycles. The highest BCUT2D eigenvalue weighted by Gasteiger charge is 2.27. The van der Waals surface area contributed by atoms with Crippen LogP contribution in [0.25, 0.3) is 22.3 Å². The molecule has 1 saturated carbocycles. The average Bonchev–Trinajstić information content (AvgIpc) is 3.50. The van der Waals surface area contributed by atoms with Gasteiger partial charge in [0, 0.05) is 18.8 Å². The molecule has 2 aromatic heterocycles. The van der Waals surface area contributed by atoms with Crippen molar-refractivity contribution in [1.82, 2.24) is 29.6 Å². The maximum absolute atomic E-state index is 13.6. The van der Waals surface area contributed by atoms with E-state index in [2.05, 4.69) is 49.2 Å². The van der Waals surface area contributed by atoms with Crippen molar-refractivity contribution in [3.05, 3.63) is 66.1 Å². The van der Waals surface area contributed by atoms with Gasteiger partial charge >= 0.3 is 0 Å². The lowest BCUT2D eigenvalue weighted by atomic mass is 10.0. The molecule has 34 heavy (non-hydrogen) atoms. The normalized spacial score (nSPS) is 14.0. The topological polar surface area (TPSA) is 103 Å². The van der Waals surface area contributed by atoms with Crippen LogP contribution >= 0.6 is 0 Å². The molecule has 4 aromatic rings. The van der Waals surface area contributed by atoms with Gasteiger partial charge in [-0.05, 0) is 42.2 Å². The zero-order valence-electron chi connectivity index (χ0n) is 19.4. The Hall–Kier alpha value is -3.81. The summed E-state index contributed by atoms with van der Waals surface area (Å²) in [6.07, 6.45) is 6.46. The highest BCUT2D eigenvalue weighted by Crippen LogP contribution is 2.26. The number of rotatable bonds is 7. The van der Waals surface area contributed by atoms with Crippen molar-refractivity contribution in [2.75, 3.05) is 12.3 Å². The number of nitrogen functional groups attached to an aromatic ring is 1. The molecule has 5 rings (SSSR count). The highest BCUT2D eigenvalue weighted by atomic mass is 16.2. The van der Waals surface area contributed by atoms with Crippen LogP contribution in [0.3, 0.4) is 0 Å². The molecule has 2 aromatic carbocycles. The molecule has 2 N–H and O–H groups in total. The van der Waals surface area contributed by atoms with Crippen molar-refractivity contribution < 1.29 is 4.79 Å². The lowest BCUT2D eigenvalue weighted by Crippen LogP contribution is -2.42. The summed E-state index contributed by atoms with van der Waals surface area (Å²) in [4.78, 5) is 28.3. The van der Waals surface area contributed by atoms with Crippen LogP contribution in [0.15, 0.2) is 54.7 Å². The van der Waals surface area contributed by atoms with E-state index >= 15 is 0 Å². The summed E-state index contributed by atoms with van der Waals surface area (Å²) in [5.74, 6) is 1.66. The Morgan fingerprint density at radius 2 is 1.88 bits per heavy atom. The van der Waals surface area contributed by atoms with Crippen LogP contribution in [0.4, 0.5) is 5.95 Å². The average molecular weight is 456 g/mol. The number of aromatic nitrogens is 5. The number of benzene rings is 2. The van der Waals surface area contributed by atoms with Crippen molar-refractivity contribution in [3.8, 4) is 11.5 Å². The standard InChI is InChI=1S/C26H29N7O/c1-18-29-25(23-13-14-28-26(27)30-23)31-33(18)16-15-32(21-10-3-4-11-21)24(34)17-20-9-6-8-19-7-2-5-12-22(19)20/h2,5-9,12-14,21H,3-4,10-11,15-17H2,1H3,(H2,27,28,30). The number of amides is 1. The third-order valence-electron chi connectivity index (χ3n) is 6.62. The number of anilines is 1. The van der Waals surface area contributed by atoms with Crippen molar-refractivity contribution in [3.63, 3.8) is 0 Å². The molecule has 1 fully saturated rings. The first-order valence-electron chi connectivity index (χ1n) is 11.8. The van der Waals surface area contributed by atoms with Crippen LogP contribution in [0.1, 0.15) is 37.1 Å². The molecule has 0 atom stereocenters. The van der Waals surface area contributed by atoms with Gasteiger partial charge in [0.2, 0.25) is 11.9 Å². The van der Waals surface area contributed by atoms with E-state index in [-0.39, 0.29) is 17.9 Å². The number of nitrogens with zero attached hydrogens (tertiary/aromatic N) is 6. The molecular weight excluding hydrogens is 426 g/mol. The molecule has 174 valence electrons. The van der Waals surface area contributed by atoms with Crippen LogP contribution in [0.2, 0.25) is 0 Å². The fraction of sp³-hybridized carbons (Fsp3) is 0.346. The molecule has 0 bridgehead atoms. The summed E-state index contributed by atoms with van der Waals surface area (Å²) in [6, 6.07) is 16.5. The molecule has 0 spiro atoms. The van der Waals surface area contributed by atoms with E-state index in [1.807, 2.05) is 29.8 Å². The lowest BCUT2D eigenvalue weighted by Gasteiger charge is -2.29. The van der Waals surface area contributed by atoms with E-state index in [1.54, 1.807) is 12.3 Å². The van der Waals surface area contributed by atoms with Crippen LogP contribution < -0.4 is 5.73 Å². The van der Waals surface area contributed by atoms with E-state index in [1.165, 1.54) is 12.8 Å². The summed E-state index contributed by atoms with van der Waals surface area (Å²) in [7, 11) is 0. The number of carbonyl (C=O) groups is 1. The zero-order valence-corrected chi connectivity index (χ0v) is 19.4. The van der Waals surface area contributed by atoms with E-state index in [0.717, 1.165) is 35.0 Å². The molecule has 2 heterocycles. The number of nitrogens with two attached hydrogens (primary N) is 1. The Bertz CT molecular complexity index is 1300. The Balaban J connectivity index is 1.34. The Labute approximate surface area is 198 Å². The lowest BCUT2D eigenvalue weighted by molar-refractivity contribution is -0.132. The zero-order chi connectivity index (χ0) is 23.5. The SMILES string of the molecule is Cc1nc(-c2ccnc(N)n2)nn1CCN(C(=O)Cc1cccc2ccccc12)C1CCCC1. The number of hydrogen-bond acceptors (Lipinski definition) is 6. The van der Waals surface area contributed by atoms with Crippen molar-refractivity contribution in [2.45, 2.75) is 51.6 Å². The van der Waals surface area contributed by atoms with Gasteiger partial charge in [-0.15, -0.1) is 5.10 Å². The van der Waals surface area contributed by atoms with Crippen LogP contribution in [0, 0.1) is 6.92 Å². The minimum atomic E-state index is 0.171. The molecular formula is C26H29N7O. The molecule has 0 aliphatic heterocycles. The Morgan fingerprint density at radius 3 is 2.71 bits per heavy atom. The maximum Gasteiger partial charge on any atom is 0.227 e. The van der Waals surface area contributed by atoms with Crippen molar-refractivity contribution in [2.24, 2.45) is 0 Å². The van der Waals surface area contributed by atoms with Gasteiger partial charge in [-0.3, -0.25) is 4.79 Å². The number of carbonyl (C=O) groups excluding carboxylic acids is 1. The number of hydrogen-bond donors (Lipinski definition) is 1. The quantitative estimate of drug-likeness (QED) is 0.455. The first kappa shape index (κ1) is 22.0. The Morgan fingerprint density at radius 1 is 1.09 bits per heavy atom. The monoisotopic (exact) mass is 455 g/mol. The van der Waals surface area contributed by atoms with Gasteiger partial charge in [-0.1, -0.05) is 55.3 Å². The van der Waals surface area contributed by atoms with Gasteiger partial charge in [0.05, 0.1) is 13.0 Å². The molecule has 1 aliphatic rings. The van der Waals surface area contributed by atoms with Crippen LogP contribution in [-0.2, 0) is 17.8 Å². The molecule has 8 heteroatoms. The second-order valence-electron chi connectivity index (χ2n) is 8.85.